The highest BCUT2D eigenvalue weighted by molar-refractivity contribution is 4.98. The summed E-state index contributed by atoms with van der Waals surface area (Å²) < 4.78 is 0. The van der Waals surface area contributed by atoms with Crippen LogP contribution in [0, 0.1) is 0 Å². The summed E-state index contributed by atoms with van der Waals surface area (Å²) in [5.41, 5.74) is 0. The summed E-state index contributed by atoms with van der Waals surface area (Å²) in [6.07, 6.45) is 10.1. The second kappa shape index (κ2) is 3.82. The molecule has 2 heterocycles. The van der Waals surface area contributed by atoms with Gasteiger partial charge in [-0.15, -0.1) is 0 Å². The van der Waals surface area contributed by atoms with Crippen LogP contribution >= 0.6 is 0 Å². The molecule has 0 spiro atoms. The van der Waals surface area contributed by atoms with Crippen LogP contribution in [0.1, 0.15) is 44.9 Å². The smallest absolute Gasteiger partial charge is 0.0252 e. The molecule has 2 nitrogen and oxygen atoms in total. The average molecular weight is 194 g/mol. The number of nitrogens with one attached hydrogen (secondary N) is 1. The third kappa shape index (κ3) is 1.49. The summed E-state index contributed by atoms with van der Waals surface area (Å²) in [6.45, 7) is 2.65. The molecular weight excluding hydrogens is 172 g/mol. The first-order valence-electron chi connectivity index (χ1n) is 6.44. The summed E-state index contributed by atoms with van der Waals surface area (Å²) in [4.78, 5) is 2.83. The predicted molar refractivity (Wildman–Crippen MR) is 58.4 cm³/mol. The zero-order valence-electron chi connectivity index (χ0n) is 9.04. The summed E-state index contributed by atoms with van der Waals surface area (Å²) in [6, 6.07) is 2.60. The summed E-state index contributed by atoms with van der Waals surface area (Å²) >= 11 is 0. The highest BCUT2D eigenvalue weighted by Gasteiger charge is 2.39. The Bertz CT molecular complexity index is 204. The van der Waals surface area contributed by atoms with Crippen molar-refractivity contribution in [3.63, 3.8) is 0 Å². The van der Waals surface area contributed by atoms with E-state index < -0.39 is 0 Å². The Morgan fingerprint density at radius 2 is 1.86 bits per heavy atom. The number of piperazine rings is 1. The Balaban J connectivity index is 1.76. The second-order valence-electron chi connectivity index (χ2n) is 5.25. The molecule has 3 atom stereocenters. The van der Waals surface area contributed by atoms with Crippen molar-refractivity contribution in [3.05, 3.63) is 0 Å². The van der Waals surface area contributed by atoms with E-state index in [1.54, 1.807) is 0 Å². The number of hydrogen-bond acceptors (Lipinski definition) is 2. The van der Waals surface area contributed by atoms with Crippen LogP contribution in [-0.2, 0) is 0 Å². The molecular formula is C12H22N2. The van der Waals surface area contributed by atoms with Crippen molar-refractivity contribution in [2.24, 2.45) is 0 Å². The molecule has 0 amide bonds. The molecule has 2 aliphatic heterocycles. The Morgan fingerprint density at radius 1 is 0.929 bits per heavy atom. The number of hydrogen-bond donors (Lipinski definition) is 1. The Morgan fingerprint density at radius 3 is 2.86 bits per heavy atom. The normalized spacial score (nSPS) is 44.1. The Labute approximate surface area is 87.0 Å². The molecule has 3 fully saturated rings. The third-order valence-corrected chi connectivity index (χ3v) is 4.44. The van der Waals surface area contributed by atoms with E-state index in [0.29, 0.717) is 0 Å². The maximum absolute atomic E-state index is 3.79. The van der Waals surface area contributed by atoms with Gasteiger partial charge in [-0.05, 0) is 32.2 Å². The fourth-order valence-corrected chi connectivity index (χ4v) is 3.72. The molecule has 3 rings (SSSR count). The van der Waals surface area contributed by atoms with Crippen molar-refractivity contribution in [2.45, 2.75) is 63.1 Å². The minimum absolute atomic E-state index is 0.826. The van der Waals surface area contributed by atoms with Crippen LogP contribution in [0.3, 0.4) is 0 Å². The van der Waals surface area contributed by atoms with Gasteiger partial charge in [0, 0.05) is 24.7 Å². The van der Waals surface area contributed by atoms with Crippen LogP contribution in [0.15, 0.2) is 0 Å². The third-order valence-electron chi connectivity index (χ3n) is 4.44. The van der Waals surface area contributed by atoms with E-state index in [4.69, 9.17) is 0 Å². The van der Waals surface area contributed by atoms with Crippen molar-refractivity contribution in [1.29, 1.82) is 0 Å². The fourth-order valence-electron chi connectivity index (χ4n) is 3.72. The largest absolute Gasteiger partial charge is 0.311 e. The van der Waals surface area contributed by atoms with Crippen LogP contribution in [-0.4, -0.2) is 36.1 Å². The Kier molecular flexibility index (Phi) is 2.50. The van der Waals surface area contributed by atoms with Crippen LogP contribution in [0.5, 0.6) is 0 Å². The quantitative estimate of drug-likeness (QED) is 0.632. The highest BCUT2D eigenvalue weighted by Crippen LogP contribution is 2.31. The lowest BCUT2D eigenvalue weighted by Gasteiger charge is -2.43. The van der Waals surface area contributed by atoms with Crippen molar-refractivity contribution in [1.82, 2.24) is 10.2 Å². The van der Waals surface area contributed by atoms with Gasteiger partial charge in [-0.3, -0.25) is 4.90 Å². The second-order valence-corrected chi connectivity index (χ2v) is 5.25. The molecule has 1 N–H and O–H groups in total. The summed E-state index contributed by atoms with van der Waals surface area (Å²) in [5.74, 6) is 0. The van der Waals surface area contributed by atoms with Crippen LogP contribution in [0.4, 0.5) is 0 Å². The minimum atomic E-state index is 0.826. The number of nitrogens with zero attached hydrogens (tertiary/aromatic N) is 1. The first-order chi connectivity index (χ1) is 6.95. The molecule has 3 unspecified atom stereocenters. The van der Waals surface area contributed by atoms with Gasteiger partial charge in [0.05, 0.1) is 0 Å². The van der Waals surface area contributed by atoms with Gasteiger partial charge in [0.2, 0.25) is 0 Å². The molecule has 0 radical (unpaired) electrons. The maximum Gasteiger partial charge on any atom is 0.0252 e. The molecule has 14 heavy (non-hydrogen) atoms. The molecule has 2 heteroatoms. The van der Waals surface area contributed by atoms with Gasteiger partial charge in [-0.2, -0.15) is 0 Å². The van der Waals surface area contributed by atoms with E-state index in [1.165, 1.54) is 58.0 Å². The average Bonchev–Trinajstić information content (AvgIpc) is 2.55. The lowest BCUT2D eigenvalue weighted by molar-refractivity contribution is 0.0919. The van der Waals surface area contributed by atoms with E-state index >= 15 is 0 Å². The molecule has 0 aromatic heterocycles. The zero-order valence-corrected chi connectivity index (χ0v) is 9.04. The standard InChI is InChI=1S/C12H22N2/c1-2-6-11-12(7-3-1)14-8-4-5-10(14)9-13-11/h10-13H,1-9H2. The molecule has 1 aliphatic carbocycles. The monoisotopic (exact) mass is 194 g/mol. The van der Waals surface area contributed by atoms with Gasteiger partial charge in [0.15, 0.2) is 0 Å². The van der Waals surface area contributed by atoms with E-state index in [2.05, 4.69) is 10.2 Å². The van der Waals surface area contributed by atoms with E-state index in [9.17, 15) is 0 Å². The number of fused-ring (bicyclic) bond motifs is 3. The van der Waals surface area contributed by atoms with Crippen LogP contribution in [0.25, 0.3) is 0 Å². The fraction of sp³-hybridized carbons (Fsp3) is 1.00. The first kappa shape index (κ1) is 9.17. The zero-order chi connectivity index (χ0) is 9.38. The predicted octanol–water partition coefficient (Wildman–Crippen LogP) is 1.76. The minimum Gasteiger partial charge on any atom is -0.311 e. The van der Waals surface area contributed by atoms with E-state index in [0.717, 1.165) is 18.1 Å². The molecule has 0 aromatic carbocycles. The van der Waals surface area contributed by atoms with E-state index in [-0.39, 0.29) is 0 Å². The molecule has 3 aliphatic rings. The van der Waals surface area contributed by atoms with Crippen molar-refractivity contribution in [3.8, 4) is 0 Å². The van der Waals surface area contributed by atoms with Gasteiger partial charge >= 0.3 is 0 Å². The lowest BCUT2D eigenvalue weighted by Crippen LogP contribution is -2.59. The van der Waals surface area contributed by atoms with E-state index in [1.807, 2.05) is 0 Å². The topological polar surface area (TPSA) is 15.3 Å². The first-order valence-corrected chi connectivity index (χ1v) is 6.44. The molecule has 0 aromatic rings. The highest BCUT2D eigenvalue weighted by atomic mass is 15.3. The van der Waals surface area contributed by atoms with Gasteiger partial charge in [-0.25, -0.2) is 0 Å². The van der Waals surface area contributed by atoms with Crippen molar-refractivity contribution < 1.29 is 0 Å². The SMILES string of the molecule is C1CCC2NCC3CCCN3C2CC1. The van der Waals surface area contributed by atoms with Gasteiger partial charge in [0.1, 0.15) is 0 Å². The maximum atomic E-state index is 3.79. The molecule has 1 saturated carbocycles. The molecule has 2 saturated heterocycles. The summed E-state index contributed by atoms with van der Waals surface area (Å²) in [7, 11) is 0. The van der Waals surface area contributed by atoms with Gasteiger partial charge in [-0.1, -0.05) is 19.3 Å². The molecule has 80 valence electrons. The van der Waals surface area contributed by atoms with Crippen LogP contribution < -0.4 is 5.32 Å². The van der Waals surface area contributed by atoms with Crippen LogP contribution in [0.2, 0.25) is 0 Å². The number of rotatable bonds is 0. The van der Waals surface area contributed by atoms with Crippen molar-refractivity contribution >= 4 is 0 Å². The van der Waals surface area contributed by atoms with Gasteiger partial charge < -0.3 is 5.32 Å². The van der Waals surface area contributed by atoms with Gasteiger partial charge in [0.25, 0.3) is 0 Å². The van der Waals surface area contributed by atoms with Crippen molar-refractivity contribution in [2.75, 3.05) is 13.1 Å². The molecule has 0 bridgehead atoms. The summed E-state index contributed by atoms with van der Waals surface area (Å²) in [5, 5.41) is 3.79. The Hall–Kier alpha value is -0.0800. The lowest BCUT2D eigenvalue weighted by atomic mass is 9.96.